The molecular formula is C16H30N2O3. The summed E-state index contributed by atoms with van der Waals surface area (Å²) in [7, 11) is 0. The number of carbonyl (C=O) groups is 2. The van der Waals surface area contributed by atoms with Crippen LogP contribution in [0.1, 0.15) is 59.3 Å². The van der Waals surface area contributed by atoms with E-state index in [0.29, 0.717) is 6.42 Å². The van der Waals surface area contributed by atoms with E-state index in [1.165, 1.54) is 6.42 Å². The molecule has 0 aromatic rings. The summed E-state index contributed by atoms with van der Waals surface area (Å²) in [6.45, 7) is 7.94. The van der Waals surface area contributed by atoms with Crippen LogP contribution < -0.4 is 5.32 Å². The maximum absolute atomic E-state index is 12.5. The maximum Gasteiger partial charge on any atom is 0.326 e. The number of hydrogen-bond donors (Lipinski definition) is 2. The van der Waals surface area contributed by atoms with Gasteiger partial charge in [0.25, 0.3) is 0 Å². The van der Waals surface area contributed by atoms with Crippen molar-refractivity contribution in [2.24, 2.45) is 5.92 Å². The zero-order chi connectivity index (χ0) is 15.8. The lowest BCUT2D eigenvalue weighted by Gasteiger charge is -2.36. The van der Waals surface area contributed by atoms with E-state index in [1.54, 1.807) is 0 Å². The highest BCUT2D eigenvalue weighted by Gasteiger charge is 2.32. The number of hydrogen-bond acceptors (Lipinski definition) is 3. The highest BCUT2D eigenvalue weighted by Crippen LogP contribution is 2.18. The Bertz CT molecular complexity index is 338. The van der Waals surface area contributed by atoms with E-state index in [9.17, 15) is 14.7 Å². The molecule has 0 saturated carbocycles. The average Bonchev–Trinajstić information content (AvgIpc) is 2.44. The molecule has 0 aromatic carbocycles. The zero-order valence-electron chi connectivity index (χ0n) is 13.6. The molecule has 0 radical (unpaired) electrons. The number of carboxylic acids is 1. The van der Waals surface area contributed by atoms with Crippen LogP contribution in [-0.4, -0.2) is 47.1 Å². The lowest BCUT2D eigenvalue weighted by molar-refractivity contribution is -0.143. The summed E-state index contributed by atoms with van der Waals surface area (Å²) in [6, 6.07) is -0.975. The Morgan fingerprint density at radius 3 is 2.29 bits per heavy atom. The number of likely N-dealkylation sites (tertiary alicyclic amines) is 1. The van der Waals surface area contributed by atoms with E-state index < -0.39 is 12.0 Å². The molecule has 1 amide bonds. The Kier molecular flexibility index (Phi) is 7.72. The van der Waals surface area contributed by atoms with Crippen molar-refractivity contribution >= 4 is 11.9 Å². The normalized spacial score (nSPS) is 19.2. The number of piperidine rings is 1. The van der Waals surface area contributed by atoms with Crippen molar-refractivity contribution < 1.29 is 14.7 Å². The monoisotopic (exact) mass is 298 g/mol. The Labute approximate surface area is 128 Å². The third kappa shape index (κ3) is 5.65. The van der Waals surface area contributed by atoms with Gasteiger partial charge in [-0.05, 0) is 38.3 Å². The predicted molar refractivity (Wildman–Crippen MR) is 83.1 cm³/mol. The third-order valence-electron chi connectivity index (χ3n) is 4.15. The van der Waals surface area contributed by atoms with Gasteiger partial charge in [0.15, 0.2) is 0 Å². The highest BCUT2D eigenvalue weighted by molar-refractivity contribution is 5.87. The first kappa shape index (κ1) is 18.0. The number of rotatable bonds is 8. The second-order valence-electron chi connectivity index (χ2n) is 6.33. The predicted octanol–water partition coefficient (Wildman–Crippen LogP) is 2.26. The second kappa shape index (κ2) is 9.03. The molecule has 21 heavy (non-hydrogen) atoms. The van der Waals surface area contributed by atoms with Crippen LogP contribution in [-0.2, 0) is 9.59 Å². The average molecular weight is 298 g/mol. The number of carbonyl (C=O) groups excluding carboxylic acids is 1. The SMILES string of the molecule is CCCC[C@H](NC(=O)C(C(C)C)N1CCCCC1)C(=O)O. The summed E-state index contributed by atoms with van der Waals surface area (Å²) >= 11 is 0. The quantitative estimate of drug-likeness (QED) is 0.721. The molecule has 1 saturated heterocycles. The molecule has 5 heteroatoms. The summed E-state index contributed by atoms with van der Waals surface area (Å²) in [5.74, 6) is -0.878. The number of unbranched alkanes of at least 4 members (excludes halogenated alkanes) is 1. The van der Waals surface area contributed by atoms with Gasteiger partial charge in [-0.15, -0.1) is 0 Å². The lowest BCUT2D eigenvalue weighted by Crippen LogP contribution is -2.54. The van der Waals surface area contributed by atoms with Crippen molar-refractivity contribution in [1.29, 1.82) is 0 Å². The van der Waals surface area contributed by atoms with Crippen molar-refractivity contribution in [2.45, 2.75) is 71.4 Å². The van der Waals surface area contributed by atoms with Crippen LogP contribution in [0, 0.1) is 5.92 Å². The molecular weight excluding hydrogens is 268 g/mol. The van der Waals surface area contributed by atoms with Crippen LogP contribution in [0.4, 0.5) is 0 Å². The number of nitrogens with zero attached hydrogens (tertiary/aromatic N) is 1. The minimum absolute atomic E-state index is 0.129. The van der Waals surface area contributed by atoms with Crippen molar-refractivity contribution in [1.82, 2.24) is 10.2 Å². The van der Waals surface area contributed by atoms with Crippen LogP contribution in [0.25, 0.3) is 0 Å². The minimum Gasteiger partial charge on any atom is -0.480 e. The van der Waals surface area contributed by atoms with Crippen LogP contribution >= 0.6 is 0 Å². The number of aliphatic carboxylic acids is 1. The summed E-state index contributed by atoms with van der Waals surface area (Å²) in [4.78, 5) is 26.0. The molecule has 1 fully saturated rings. The van der Waals surface area contributed by atoms with Crippen molar-refractivity contribution in [3.05, 3.63) is 0 Å². The van der Waals surface area contributed by atoms with Gasteiger partial charge in [0.1, 0.15) is 6.04 Å². The number of carboxylic acid groups (broad SMARTS) is 1. The molecule has 1 rings (SSSR count). The topological polar surface area (TPSA) is 69.6 Å². The molecule has 2 atom stereocenters. The summed E-state index contributed by atoms with van der Waals surface area (Å²) in [5.41, 5.74) is 0. The van der Waals surface area contributed by atoms with E-state index in [-0.39, 0.29) is 17.9 Å². The van der Waals surface area contributed by atoms with E-state index >= 15 is 0 Å². The van der Waals surface area contributed by atoms with E-state index in [2.05, 4.69) is 10.2 Å². The third-order valence-corrected chi connectivity index (χ3v) is 4.15. The first-order valence-electron chi connectivity index (χ1n) is 8.24. The van der Waals surface area contributed by atoms with E-state index in [1.807, 2.05) is 20.8 Å². The molecule has 0 bridgehead atoms. The highest BCUT2D eigenvalue weighted by atomic mass is 16.4. The standard InChI is InChI=1S/C16H30N2O3/c1-4-5-9-13(16(20)21)17-15(19)14(12(2)3)18-10-7-6-8-11-18/h12-14H,4-11H2,1-3H3,(H,17,19)(H,20,21)/t13-,14?/m0/s1. The second-order valence-corrected chi connectivity index (χ2v) is 6.33. The smallest absolute Gasteiger partial charge is 0.326 e. The number of nitrogens with one attached hydrogen (secondary N) is 1. The molecule has 1 unspecified atom stereocenters. The Morgan fingerprint density at radius 2 is 1.81 bits per heavy atom. The van der Waals surface area contributed by atoms with Crippen LogP contribution in [0.15, 0.2) is 0 Å². The van der Waals surface area contributed by atoms with E-state index in [0.717, 1.165) is 38.8 Å². The summed E-state index contributed by atoms with van der Waals surface area (Å²) in [6.07, 6.45) is 5.70. The van der Waals surface area contributed by atoms with Crippen molar-refractivity contribution in [3.63, 3.8) is 0 Å². The van der Waals surface area contributed by atoms with Gasteiger partial charge in [-0.3, -0.25) is 9.69 Å². The maximum atomic E-state index is 12.5. The summed E-state index contributed by atoms with van der Waals surface area (Å²) in [5, 5.41) is 12.0. The molecule has 0 aliphatic carbocycles. The minimum atomic E-state index is -0.932. The Hall–Kier alpha value is -1.10. The van der Waals surface area contributed by atoms with E-state index in [4.69, 9.17) is 0 Å². The van der Waals surface area contributed by atoms with Gasteiger partial charge in [-0.1, -0.05) is 40.0 Å². The van der Waals surface area contributed by atoms with Gasteiger partial charge in [-0.25, -0.2) is 4.79 Å². The van der Waals surface area contributed by atoms with Crippen LogP contribution in [0.3, 0.4) is 0 Å². The van der Waals surface area contributed by atoms with Crippen molar-refractivity contribution in [2.75, 3.05) is 13.1 Å². The van der Waals surface area contributed by atoms with Gasteiger partial charge >= 0.3 is 5.97 Å². The first-order chi connectivity index (χ1) is 9.97. The fourth-order valence-electron chi connectivity index (χ4n) is 3.01. The van der Waals surface area contributed by atoms with Gasteiger partial charge in [0.2, 0.25) is 5.91 Å². The lowest BCUT2D eigenvalue weighted by atomic mass is 9.98. The molecule has 1 aliphatic rings. The molecule has 0 spiro atoms. The Balaban J connectivity index is 2.68. The number of amides is 1. The largest absolute Gasteiger partial charge is 0.480 e. The van der Waals surface area contributed by atoms with Crippen molar-refractivity contribution in [3.8, 4) is 0 Å². The molecule has 122 valence electrons. The van der Waals surface area contributed by atoms with Gasteiger partial charge in [0, 0.05) is 0 Å². The fourth-order valence-corrected chi connectivity index (χ4v) is 3.01. The fraction of sp³-hybridized carbons (Fsp3) is 0.875. The molecule has 1 aliphatic heterocycles. The van der Waals surface area contributed by atoms with Crippen LogP contribution in [0.5, 0.6) is 0 Å². The van der Waals surface area contributed by atoms with Crippen LogP contribution in [0.2, 0.25) is 0 Å². The van der Waals surface area contributed by atoms with Gasteiger partial charge in [-0.2, -0.15) is 0 Å². The summed E-state index contributed by atoms with van der Waals surface area (Å²) < 4.78 is 0. The molecule has 2 N–H and O–H groups in total. The van der Waals surface area contributed by atoms with Gasteiger partial charge < -0.3 is 10.4 Å². The molecule has 5 nitrogen and oxygen atoms in total. The van der Waals surface area contributed by atoms with Gasteiger partial charge in [0.05, 0.1) is 6.04 Å². The molecule has 0 aromatic heterocycles. The zero-order valence-corrected chi connectivity index (χ0v) is 13.6. The first-order valence-corrected chi connectivity index (χ1v) is 8.24. The Morgan fingerprint density at radius 1 is 1.19 bits per heavy atom. The molecule has 1 heterocycles.